The molecule has 0 spiro atoms. The topological polar surface area (TPSA) is 114 Å². The van der Waals surface area contributed by atoms with Gasteiger partial charge in [-0.1, -0.05) is 34.1 Å². The first kappa shape index (κ1) is 22.2. The Kier molecular flexibility index (Phi) is 7.38. The maximum absolute atomic E-state index is 12.9. The van der Waals surface area contributed by atoms with Crippen molar-refractivity contribution in [2.24, 2.45) is 10.2 Å². The van der Waals surface area contributed by atoms with Crippen LogP contribution in [0.5, 0.6) is 0 Å². The van der Waals surface area contributed by atoms with E-state index in [0.717, 1.165) is 10.0 Å². The predicted octanol–water partition coefficient (Wildman–Crippen LogP) is 2.44. The van der Waals surface area contributed by atoms with Crippen molar-refractivity contribution in [2.75, 3.05) is 31.7 Å². The van der Waals surface area contributed by atoms with Crippen LogP contribution >= 0.6 is 15.9 Å². The van der Waals surface area contributed by atoms with Crippen molar-refractivity contribution in [2.45, 2.75) is 4.90 Å². The summed E-state index contributed by atoms with van der Waals surface area (Å²) in [5, 5.41) is 9.40. The van der Waals surface area contributed by atoms with Crippen LogP contribution in [0.1, 0.15) is 5.56 Å². The van der Waals surface area contributed by atoms with Gasteiger partial charge < -0.3 is 9.64 Å². The number of anilines is 1. The molecule has 8 nitrogen and oxygen atoms in total. The van der Waals surface area contributed by atoms with Crippen LogP contribution in [0.2, 0.25) is 0 Å². The highest BCUT2D eigenvalue weighted by atomic mass is 79.9. The number of primary sulfonamides is 1. The number of carbonyl (C=O) groups is 1. The van der Waals surface area contributed by atoms with Gasteiger partial charge in [-0.2, -0.15) is 5.10 Å². The number of hydrazone groups is 1. The second-order valence-electron chi connectivity index (χ2n) is 6.44. The molecule has 1 aliphatic heterocycles. The summed E-state index contributed by atoms with van der Waals surface area (Å²) in [7, 11) is -3.77. The van der Waals surface area contributed by atoms with Crippen molar-refractivity contribution < 1.29 is 17.9 Å². The van der Waals surface area contributed by atoms with Crippen LogP contribution in [0.15, 0.2) is 69.1 Å². The van der Waals surface area contributed by atoms with E-state index in [4.69, 9.17) is 9.88 Å². The van der Waals surface area contributed by atoms with Crippen molar-refractivity contribution in [3.05, 3.63) is 64.6 Å². The lowest BCUT2D eigenvalue weighted by Gasteiger charge is -2.28. The number of rotatable bonds is 6. The van der Waals surface area contributed by atoms with Gasteiger partial charge in [0.05, 0.1) is 23.8 Å². The van der Waals surface area contributed by atoms with E-state index in [2.05, 4.69) is 26.5 Å². The molecule has 3 rings (SSSR count). The Labute approximate surface area is 183 Å². The average molecular weight is 493 g/mol. The SMILES string of the molecule is NS(=O)(=O)c1ccc(N/N=C(/C(=O)/C=C/c2ccccc2Br)N2CCOCC2)cc1. The molecule has 2 aromatic carbocycles. The first-order valence-electron chi connectivity index (χ1n) is 9.11. The smallest absolute Gasteiger partial charge is 0.238 e. The Bertz CT molecular complexity index is 1060. The summed E-state index contributed by atoms with van der Waals surface area (Å²) in [5.74, 6) is -0.0153. The van der Waals surface area contributed by atoms with Gasteiger partial charge in [-0.15, -0.1) is 0 Å². The number of hydrogen-bond donors (Lipinski definition) is 2. The highest BCUT2D eigenvalue weighted by molar-refractivity contribution is 9.10. The zero-order valence-corrected chi connectivity index (χ0v) is 18.4. The number of halogens is 1. The molecule has 0 aliphatic carbocycles. The largest absolute Gasteiger partial charge is 0.378 e. The number of nitrogens with one attached hydrogen (secondary N) is 1. The number of nitrogens with zero attached hydrogens (tertiary/aromatic N) is 2. The summed E-state index contributed by atoms with van der Waals surface area (Å²) in [4.78, 5) is 14.7. The number of sulfonamides is 1. The van der Waals surface area contributed by atoms with E-state index in [-0.39, 0.29) is 16.5 Å². The molecule has 1 saturated heterocycles. The molecule has 2 aromatic rings. The second kappa shape index (κ2) is 9.98. The van der Waals surface area contributed by atoms with Gasteiger partial charge in [0.15, 0.2) is 5.84 Å². The summed E-state index contributed by atoms with van der Waals surface area (Å²) >= 11 is 3.46. The number of carbonyl (C=O) groups excluding carboxylic acids is 1. The Morgan fingerprint density at radius 3 is 2.43 bits per heavy atom. The number of nitrogens with two attached hydrogens (primary N) is 1. The van der Waals surface area contributed by atoms with Crippen molar-refractivity contribution in [3.63, 3.8) is 0 Å². The molecule has 1 heterocycles. The lowest BCUT2D eigenvalue weighted by Crippen LogP contribution is -2.44. The highest BCUT2D eigenvalue weighted by Gasteiger charge is 2.20. The molecular formula is C20H21BrN4O4S. The molecule has 30 heavy (non-hydrogen) atoms. The van der Waals surface area contributed by atoms with Gasteiger partial charge in [-0.25, -0.2) is 13.6 Å². The van der Waals surface area contributed by atoms with Crippen molar-refractivity contribution in [1.82, 2.24) is 4.90 Å². The Hall–Kier alpha value is -2.53. The molecule has 0 atom stereocenters. The van der Waals surface area contributed by atoms with E-state index in [1.807, 2.05) is 29.2 Å². The fourth-order valence-electron chi connectivity index (χ4n) is 2.74. The van der Waals surface area contributed by atoms with Crippen LogP contribution in [0.4, 0.5) is 5.69 Å². The molecule has 0 amide bonds. The molecule has 0 radical (unpaired) electrons. The molecule has 0 bridgehead atoms. The standard InChI is InChI=1S/C20H21BrN4O4S/c21-18-4-2-1-3-15(18)5-10-19(26)20(25-11-13-29-14-12-25)24-23-16-6-8-17(9-7-16)30(22,27)28/h1-10,23H,11-14H2,(H2,22,27,28)/b10-5+,24-20-. The molecular weight excluding hydrogens is 472 g/mol. The molecule has 158 valence electrons. The zero-order chi connectivity index (χ0) is 21.6. The minimum atomic E-state index is -3.77. The van der Waals surface area contributed by atoms with Gasteiger partial charge >= 0.3 is 0 Å². The molecule has 1 fully saturated rings. The van der Waals surface area contributed by atoms with Crippen molar-refractivity contribution >= 4 is 49.3 Å². The van der Waals surface area contributed by atoms with Crippen LogP contribution in [0.3, 0.4) is 0 Å². The maximum Gasteiger partial charge on any atom is 0.238 e. The van der Waals surface area contributed by atoms with Crippen LogP contribution in [-0.4, -0.2) is 51.2 Å². The van der Waals surface area contributed by atoms with Gasteiger partial charge in [0, 0.05) is 17.6 Å². The van der Waals surface area contributed by atoms with E-state index in [0.29, 0.717) is 32.0 Å². The summed E-state index contributed by atoms with van der Waals surface area (Å²) < 4.78 is 29.0. The normalized spacial score (nSPS) is 15.4. The van der Waals surface area contributed by atoms with Gasteiger partial charge in [0.2, 0.25) is 15.8 Å². The minimum Gasteiger partial charge on any atom is -0.378 e. The predicted molar refractivity (Wildman–Crippen MR) is 119 cm³/mol. The van der Waals surface area contributed by atoms with E-state index in [1.54, 1.807) is 6.08 Å². The van der Waals surface area contributed by atoms with E-state index < -0.39 is 10.0 Å². The number of amidine groups is 1. The summed E-state index contributed by atoms with van der Waals surface area (Å²) in [6.45, 7) is 2.09. The Morgan fingerprint density at radius 2 is 1.80 bits per heavy atom. The van der Waals surface area contributed by atoms with Crippen LogP contribution in [-0.2, 0) is 19.6 Å². The number of benzene rings is 2. The van der Waals surface area contributed by atoms with Gasteiger partial charge in [-0.3, -0.25) is 10.2 Å². The molecule has 3 N–H and O–H groups in total. The summed E-state index contributed by atoms with van der Waals surface area (Å²) in [6, 6.07) is 13.4. The Balaban J connectivity index is 1.81. The van der Waals surface area contributed by atoms with Crippen LogP contribution in [0.25, 0.3) is 6.08 Å². The summed E-state index contributed by atoms with van der Waals surface area (Å²) in [5.41, 5.74) is 4.21. The minimum absolute atomic E-state index is 0.00196. The van der Waals surface area contributed by atoms with Crippen molar-refractivity contribution in [3.8, 4) is 0 Å². The number of ether oxygens (including phenoxy) is 1. The lowest BCUT2D eigenvalue weighted by molar-refractivity contribution is -0.109. The molecule has 0 aromatic heterocycles. The third-order valence-electron chi connectivity index (χ3n) is 4.32. The maximum atomic E-state index is 12.9. The fourth-order valence-corrected chi connectivity index (χ4v) is 3.68. The second-order valence-corrected chi connectivity index (χ2v) is 8.85. The molecule has 0 saturated carbocycles. The number of morpholine rings is 1. The number of hydrogen-bond acceptors (Lipinski definition) is 6. The molecule has 10 heteroatoms. The quantitative estimate of drug-likeness (QED) is 0.277. The van der Waals surface area contributed by atoms with E-state index in [1.165, 1.54) is 30.3 Å². The fraction of sp³-hybridized carbons (Fsp3) is 0.200. The zero-order valence-electron chi connectivity index (χ0n) is 16.0. The van der Waals surface area contributed by atoms with E-state index >= 15 is 0 Å². The van der Waals surface area contributed by atoms with Crippen molar-refractivity contribution in [1.29, 1.82) is 0 Å². The first-order chi connectivity index (χ1) is 14.3. The highest BCUT2D eigenvalue weighted by Crippen LogP contribution is 2.17. The third-order valence-corrected chi connectivity index (χ3v) is 5.98. The lowest BCUT2D eigenvalue weighted by atomic mass is 10.2. The molecule has 0 unspecified atom stereocenters. The number of ketones is 1. The van der Waals surface area contributed by atoms with Crippen LogP contribution < -0.4 is 10.6 Å². The monoisotopic (exact) mass is 492 g/mol. The average Bonchev–Trinajstić information content (AvgIpc) is 2.74. The van der Waals surface area contributed by atoms with Gasteiger partial charge in [0.1, 0.15) is 0 Å². The van der Waals surface area contributed by atoms with Gasteiger partial charge in [0.25, 0.3) is 0 Å². The Morgan fingerprint density at radius 1 is 1.13 bits per heavy atom. The third kappa shape index (κ3) is 5.99. The first-order valence-corrected chi connectivity index (χ1v) is 11.4. The molecule has 1 aliphatic rings. The van der Waals surface area contributed by atoms with Gasteiger partial charge in [-0.05, 0) is 48.0 Å². The van der Waals surface area contributed by atoms with Crippen LogP contribution in [0, 0.1) is 0 Å². The summed E-state index contributed by atoms with van der Waals surface area (Å²) in [6.07, 6.45) is 3.20. The van der Waals surface area contributed by atoms with E-state index in [9.17, 15) is 13.2 Å².